The molecule has 0 aromatic heterocycles. The number of hydrogen-bond donors (Lipinski definition) is 1. The van der Waals surface area contributed by atoms with Crippen LogP contribution in [0.15, 0.2) is 24.3 Å². The Morgan fingerprint density at radius 2 is 2.09 bits per heavy atom. The highest BCUT2D eigenvalue weighted by molar-refractivity contribution is 5.99. The Bertz CT molecular complexity index is 888. The van der Waals surface area contributed by atoms with E-state index in [2.05, 4.69) is 24.2 Å². The number of likely N-dealkylation sites (tertiary alicyclic amines) is 1. The van der Waals surface area contributed by atoms with Crippen molar-refractivity contribution >= 4 is 17.9 Å². The van der Waals surface area contributed by atoms with Crippen molar-refractivity contribution in [2.75, 3.05) is 32.8 Å². The number of fused-ring (bicyclic) bond motifs is 1. The molecule has 1 aromatic rings. The number of hydroxylamine groups is 1. The van der Waals surface area contributed by atoms with E-state index >= 15 is 0 Å². The normalized spacial score (nSPS) is 22.6. The van der Waals surface area contributed by atoms with E-state index < -0.39 is 12.0 Å². The second-order valence-electron chi connectivity index (χ2n) is 9.26. The van der Waals surface area contributed by atoms with Gasteiger partial charge in [0.05, 0.1) is 5.56 Å². The molecule has 8 heteroatoms. The van der Waals surface area contributed by atoms with Crippen LogP contribution in [0.4, 0.5) is 0 Å². The maximum Gasteiger partial charge on any atom is 0.267 e. The fourth-order valence-corrected chi connectivity index (χ4v) is 4.84. The molecule has 1 spiro atoms. The van der Waals surface area contributed by atoms with Gasteiger partial charge in [-0.05, 0) is 49.6 Å². The van der Waals surface area contributed by atoms with Crippen LogP contribution in [-0.2, 0) is 14.4 Å². The smallest absolute Gasteiger partial charge is 0.267 e. The Labute approximate surface area is 202 Å². The molecule has 1 aromatic carbocycles. The van der Waals surface area contributed by atoms with Crippen LogP contribution in [0.5, 0.6) is 5.75 Å². The number of nitrogens with zero attached hydrogens (tertiary/aromatic N) is 2. The van der Waals surface area contributed by atoms with Gasteiger partial charge in [0, 0.05) is 51.6 Å². The molecule has 0 radical (unpaired) electrons. The number of rotatable bonds is 8. The molecule has 1 N–H and O–H groups in total. The highest BCUT2D eigenvalue weighted by atomic mass is 16.8. The summed E-state index contributed by atoms with van der Waals surface area (Å²) in [7, 11) is 0. The summed E-state index contributed by atoms with van der Waals surface area (Å²) in [6.45, 7) is 8.49. The van der Waals surface area contributed by atoms with Crippen molar-refractivity contribution in [2.24, 2.45) is 0 Å². The van der Waals surface area contributed by atoms with Gasteiger partial charge < -0.3 is 19.3 Å². The molecule has 1 unspecified atom stereocenters. The molecule has 3 aliphatic rings. The van der Waals surface area contributed by atoms with E-state index in [0.29, 0.717) is 24.5 Å². The molecule has 2 saturated heterocycles. The van der Waals surface area contributed by atoms with Crippen LogP contribution in [-0.4, -0.2) is 66.4 Å². The van der Waals surface area contributed by atoms with Crippen molar-refractivity contribution in [3.05, 3.63) is 35.4 Å². The lowest BCUT2D eigenvalue weighted by molar-refractivity contribution is -0.198. The summed E-state index contributed by atoms with van der Waals surface area (Å²) >= 11 is 0. The van der Waals surface area contributed by atoms with E-state index in [1.165, 1.54) is 6.08 Å². The van der Waals surface area contributed by atoms with Gasteiger partial charge in [-0.25, -0.2) is 10.3 Å². The summed E-state index contributed by atoms with van der Waals surface area (Å²) in [5, 5.41) is 0. The van der Waals surface area contributed by atoms with Crippen LogP contribution < -0.4 is 10.2 Å². The second-order valence-corrected chi connectivity index (χ2v) is 9.26. The van der Waals surface area contributed by atoms with E-state index in [4.69, 9.17) is 14.3 Å². The Morgan fingerprint density at radius 3 is 2.79 bits per heavy atom. The third kappa shape index (κ3) is 5.62. The van der Waals surface area contributed by atoms with Crippen LogP contribution in [0.1, 0.15) is 74.7 Å². The number of carbonyl (C=O) groups excluding carboxylic acids is 2. The SMILES string of the molecule is CCCCN1C(=O)c2cc(C=CC(=O)NOC3CCCCO3)ccc2OC12CCN(CC)CC2. The van der Waals surface area contributed by atoms with E-state index in [1.54, 1.807) is 12.1 Å². The Hall–Kier alpha value is -2.42. The first-order valence-corrected chi connectivity index (χ1v) is 12.7. The third-order valence-electron chi connectivity index (χ3n) is 6.95. The number of benzene rings is 1. The van der Waals surface area contributed by atoms with Crippen molar-refractivity contribution in [3.63, 3.8) is 0 Å². The van der Waals surface area contributed by atoms with Crippen LogP contribution in [0.2, 0.25) is 0 Å². The number of ether oxygens (including phenoxy) is 2. The second kappa shape index (κ2) is 11.3. The average molecular weight is 472 g/mol. The van der Waals surface area contributed by atoms with Gasteiger partial charge in [0.1, 0.15) is 5.75 Å². The van der Waals surface area contributed by atoms with Crippen LogP contribution in [0.3, 0.4) is 0 Å². The highest BCUT2D eigenvalue weighted by Crippen LogP contribution is 2.40. The van der Waals surface area contributed by atoms with Gasteiger partial charge in [-0.1, -0.05) is 26.3 Å². The minimum Gasteiger partial charge on any atom is -0.467 e. The number of piperidine rings is 1. The molecule has 186 valence electrons. The number of amides is 2. The van der Waals surface area contributed by atoms with Gasteiger partial charge in [-0.15, -0.1) is 0 Å². The van der Waals surface area contributed by atoms with Crippen molar-refractivity contribution in [2.45, 2.75) is 70.8 Å². The van der Waals surface area contributed by atoms with E-state index in [-0.39, 0.29) is 11.8 Å². The van der Waals surface area contributed by atoms with Gasteiger partial charge in [0.25, 0.3) is 11.8 Å². The monoisotopic (exact) mass is 471 g/mol. The predicted molar refractivity (Wildman–Crippen MR) is 129 cm³/mol. The first kappa shape index (κ1) is 24.7. The maximum absolute atomic E-state index is 13.6. The minimum atomic E-state index is -0.569. The number of nitrogens with one attached hydrogen (secondary N) is 1. The van der Waals surface area contributed by atoms with Gasteiger partial charge in [-0.3, -0.25) is 9.59 Å². The van der Waals surface area contributed by atoms with E-state index in [9.17, 15) is 9.59 Å². The Morgan fingerprint density at radius 1 is 1.26 bits per heavy atom. The van der Waals surface area contributed by atoms with E-state index in [1.807, 2.05) is 17.0 Å². The minimum absolute atomic E-state index is 0.0112. The van der Waals surface area contributed by atoms with Gasteiger partial charge in [0.2, 0.25) is 0 Å². The first-order valence-electron chi connectivity index (χ1n) is 12.7. The van der Waals surface area contributed by atoms with E-state index in [0.717, 1.165) is 70.1 Å². The molecule has 1 atom stereocenters. The van der Waals surface area contributed by atoms with Crippen LogP contribution in [0.25, 0.3) is 6.08 Å². The van der Waals surface area contributed by atoms with Crippen molar-refractivity contribution in [3.8, 4) is 5.75 Å². The third-order valence-corrected chi connectivity index (χ3v) is 6.95. The average Bonchev–Trinajstić information content (AvgIpc) is 2.87. The zero-order valence-electron chi connectivity index (χ0n) is 20.4. The first-order chi connectivity index (χ1) is 16.5. The predicted octanol–water partition coefficient (Wildman–Crippen LogP) is 3.72. The molecular weight excluding hydrogens is 434 g/mol. The zero-order valence-corrected chi connectivity index (χ0v) is 20.4. The molecular formula is C26H37N3O5. The summed E-state index contributed by atoms with van der Waals surface area (Å²) in [5.74, 6) is 0.264. The summed E-state index contributed by atoms with van der Waals surface area (Å²) < 4.78 is 12.0. The Kier molecular flexibility index (Phi) is 8.24. The van der Waals surface area contributed by atoms with Gasteiger partial charge >= 0.3 is 0 Å². The van der Waals surface area contributed by atoms with Crippen molar-refractivity contribution in [1.82, 2.24) is 15.3 Å². The molecule has 0 aliphatic carbocycles. The highest BCUT2D eigenvalue weighted by Gasteiger charge is 2.48. The Balaban J connectivity index is 1.45. The quantitative estimate of drug-likeness (QED) is 0.460. The molecule has 2 amide bonds. The largest absolute Gasteiger partial charge is 0.467 e. The fourth-order valence-electron chi connectivity index (χ4n) is 4.84. The van der Waals surface area contributed by atoms with Crippen molar-refractivity contribution < 1.29 is 23.9 Å². The van der Waals surface area contributed by atoms with Crippen LogP contribution >= 0.6 is 0 Å². The van der Waals surface area contributed by atoms with Crippen LogP contribution in [0, 0.1) is 0 Å². The molecule has 0 bridgehead atoms. The molecule has 34 heavy (non-hydrogen) atoms. The molecule has 2 fully saturated rings. The number of unbranched alkanes of at least 4 members (excludes halogenated alkanes) is 1. The fraction of sp³-hybridized carbons (Fsp3) is 0.615. The standard InChI is InChI=1S/C26H37N3O5/c1-3-5-15-29-25(31)21-19-20(10-12-23(30)27-34-24-8-6-7-18-32-24)9-11-22(21)33-26(29)13-16-28(4-2)17-14-26/h9-12,19,24H,3-8,13-18H2,1-2H3,(H,27,30). The number of hydrogen-bond acceptors (Lipinski definition) is 6. The lowest BCUT2D eigenvalue weighted by Gasteiger charge is -2.51. The zero-order chi connectivity index (χ0) is 24.0. The lowest BCUT2D eigenvalue weighted by Crippen LogP contribution is -2.63. The topological polar surface area (TPSA) is 80.3 Å². The summed E-state index contributed by atoms with van der Waals surface area (Å²) in [6.07, 6.45) is 9.05. The maximum atomic E-state index is 13.6. The number of carbonyl (C=O) groups is 2. The van der Waals surface area contributed by atoms with Crippen molar-refractivity contribution in [1.29, 1.82) is 0 Å². The molecule has 8 nitrogen and oxygen atoms in total. The molecule has 4 rings (SSSR count). The summed E-state index contributed by atoms with van der Waals surface area (Å²) in [5.41, 5.74) is 3.15. The summed E-state index contributed by atoms with van der Waals surface area (Å²) in [4.78, 5) is 35.4. The van der Waals surface area contributed by atoms with Gasteiger partial charge in [0.15, 0.2) is 12.0 Å². The molecule has 3 aliphatic heterocycles. The summed E-state index contributed by atoms with van der Waals surface area (Å²) in [6, 6.07) is 5.53. The lowest BCUT2D eigenvalue weighted by atomic mass is 9.93. The van der Waals surface area contributed by atoms with Gasteiger partial charge in [-0.2, -0.15) is 0 Å². The molecule has 3 heterocycles. The molecule has 0 saturated carbocycles.